The minimum Gasteiger partial charge on any atom is -0.456 e. The number of hydrogen-bond acceptors (Lipinski definition) is 7. The topological polar surface area (TPSA) is 119 Å². The first-order valence-corrected chi connectivity index (χ1v) is 12.7. The summed E-state index contributed by atoms with van der Waals surface area (Å²) in [6, 6.07) is 12.5. The number of ether oxygens (including phenoxy) is 2. The second-order valence-electron chi connectivity index (χ2n) is 9.51. The van der Waals surface area contributed by atoms with E-state index in [-0.39, 0.29) is 23.4 Å². The van der Waals surface area contributed by atoms with Gasteiger partial charge in [0.1, 0.15) is 19.9 Å². The molecule has 10 heteroatoms. The molecule has 0 aliphatic carbocycles. The Morgan fingerprint density at radius 2 is 1.50 bits per heavy atom. The van der Waals surface area contributed by atoms with Crippen molar-refractivity contribution in [3.63, 3.8) is 0 Å². The molecule has 2 amide bonds. The summed E-state index contributed by atoms with van der Waals surface area (Å²) in [7, 11) is 3.03. The number of likely N-dealkylation sites (tertiary alicyclic amines) is 1. The summed E-state index contributed by atoms with van der Waals surface area (Å²) in [5, 5.41) is 2.53. The van der Waals surface area contributed by atoms with Gasteiger partial charge in [-0.2, -0.15) is 0 Å². The smallest absolute Gasteiger partial charge is 0.407 e. The standard InChI is InChI=1S/C28H33BN2O7/c1-17(2)25(30-28(36)37-3)26(34)31-14-4-5-22(31)27(35)38-16-24(33)21-12-8-19(9-13-21)18-6-10-20(11-7-18)23(32)15-29/h6-13,17,22,25H,4-5,14-16,29H2,1-3H3,(H,30,36)/t22-,25-/m0/s1. The van der Waals surface area contributed by atoms with Gasteiger partial charge in [-0.05, 0) is 36.2 Å². The van der Waals surface area contributed by atoms with Gasteiger partial charge in [0.05, 0.1) is 7.11 Å². The van der Waals surface area contributed by atoms with E-state index in [0.29, 0.717) is 36.8 Å². The fraction of sp³-hybridized carbons (Fsp3) is 0.393. The number of carbonyl (C=O) groups excluding carboxylic acids is 5. The van der Waals surface area contributed by atoms with Crippen molar-refractivity contribution in [1.82, 2.24) is 10.2 Å². The number of amides is 2. The molecule has 2 aromatic carbocycles. The number of benzene rings is 2. The van der Waals surface area contributed by atoms with Crippen LogP contribution in [0.3, 0.4) is 0 Å². The lowest BCUT2D eigenvalue weighted by Gasteiger charge is -2.29. The van der Waals surface area contributed by atoms with Crippen molar-refractivity contribution >= 4 is 37.4 Å². The van der Waals surface area contributed by atoms with Gasteiger partial charge in [0.25, 0.3) is 0 Å². The highest BCUT2D eigenvalue weighted by Gasteiger charge is 2.39. The Kier molecular flexibility index (Phi) is 9.81. The number of nitrogens with one attached hydrogen (secondary N) is 1. The Bertz CT molecular complexity index is 1180. The van der Waals surface area contributed by atoms with E-state index in [2.05, 4.69) is 10.1 Å². The Balaban J connectivity index is 1.59. The molecule has 2 atom stereocenters. The molecule has 38 heavy (non-hydrogen) atoms. The maximum absolute atomic E-state index is 13.1. The first-order valence-electron chi connectivity index (χ1n) is 12.7. The normalized spacial score (nSPS) is 15.6. The number of esters is 1. The first kappa shape index (κ1) is 28.6. The van der Waals surface area contributed by atoms with E-state index >= 15 is 0 Å². The number of hydrogen-bond donors (Lipinski definition) is 1. The molecule has 0 spiro atoms. The predicted molar refractivity (Wildman–Crippen MR) is 144 cm³/mol. The van der Waals surface area contributed by atoms with Gasteiger partial charge in [0.15, 0.2) is 18.2 Å². The van der Waals surface area contributed by atoms with Gasteiger partial charge in [-0.25, -0.2) is 9.59 Å². The highest BCUT2D eigenvalue weighted by molar-refractivity contribution is 6.24. The monoisotopic (exact) mass is 520 g/mol. The fourth-order valence-electron chi connectivity index (χ4n) is 4.37. The summed E-state index contributed by atoms with van der Waals surface area (Å²) in [5.41, 5.74) is 2.84. The van der Waals surface area contributed by atoms with Crippen molar-refractivity contribution < 1.29 is 33.4 Å². The second-order valence-corrected chi connectivity index (χ2v) is 9.51. The lowest BCUT2D eigenvalue weighted by Crippen LogP contribution is -2.54. The summed E-state index contributed by atoms with van der Waals surface area (Å²) < 4.78 is 9.91. The van der Waals surface area contributed by atoms with Crippen LogP contribution in [0, 0.1) is 5.92 Å². The summed E-state index contributed by atoms with van der Waals surface area (Å²) in [4.78, 5) is 63.5. The van der Waals surface area contributed by atoms with Gasteiger partial charge < -0.3 is 19.7 Å². The van der Waals surface area contributed by atoms with Crippen LogP contribution in [-0.2, 0) is 19.1 Å². The molecule has 0 bridgehead atoms. The number of carbonyl (C=O) groups is 5. The van der Waals surface area contributed by atoms with Crippen molar-refractivity contribution in [1.29, 1.82) is 0 Å². The molecular weight excluding hydrogens is 487 g/mol. The van der Waals surface area contributed by atoms with Gasteiger partial charge in [-0.3, -0.25) is 14.4 Å². The molecule has 2 aromatic rings. The van der Waals surface area contributed by atoms with E-state index < -0.39 is 30.8 Å². The third kappa shape index (κ3) is 6.88. The molecule has 1 aliphatic heterocycles. The molecule has 200 valence electrons. The number of ketones is 2. The highest BCUT2D eigenvalue weighted by atomic mass is 16.5. The van der Waals surface area contributed by atoms with E-state index in [1.165, 1.54) is 12.0 Å². The van der Waals surface area contributed by atoms with Crippen LogP contribution in [-0.4, -0.2) is 74.6 Å². The van der Waals surface area contributed by atoms with E-state index in [4.69, 9.17) is 4.74 Å². The SMILES string of the molecule is BCC(=O)c1ccc(-c2ccc(C(=O)COC(=O)[C@@H]3CCCN3C(=O)[C@@H](NC(=O)OC)C(C)C)cc2)cc1. The Hall–Kier alpha value is -3.95. The average Bonchev–Trinajstić information content (AvgIpc) is 3.43. The zero-order chi connectivity index (χ0) is 27.8. The molecule has 1 heterocycles. The molecule has 0 radical (unpaired) electrons. The summed E-state index contributed by atoms with van der Waals surface area (Å²) in [6.45, 7) is 3.48. The van der Waals surface area contributed by atoms with Crippen molar-refractivity contribution in [3.8, 4) is 11.1 Å². The van der Waals surface area contributed by atoms with Crippen LogP contribution in [0.15, 0.2) is 48.5 Å². The first-order chi connectivity index (χ1) is 18.2. The van der Waals surface area contributed by atoms with E-state index in [9.17, 15) is 24.0 Å². The minimum absolute atomic E-state index is 0.0785. The molecule has 1 fully saturated rings. The minimum atomic E-state index is -0.848. The largest absolute Gasteiger partial charge is 0.456 e. The van der Waals surface area contributed by atoms with E-state index in [0.717, 1.165) is 11.1 Å². The van der Waals surface area contributed by atoms with Crippen LogP contribution in [0.2, 0.25) is 6.32 Å². The van der Waals surface area contributed by atoms with Gasteiger partial charge in [-0.1, -0.05) is 62.4 Å². The number of nitrogens with zero attached hydrogens (tertiary/aromatic N) is 1. The number of rotatable bonds is 10. The van der Waals surface area contributed by atoms with Crippen molar-refractivity contribution in [3.05, 3.63) is 59.7 Å². The fourth-order valence-corrected chi connectivity index (χ4v) is 4.37. The lowest BCUT2D eigenvalue weighted by molar-refractivity contribution is -0.153. The summed E-state index contributed by atoms with van der Waals surface area (Å²) in [5.74, 6) is -1.55. The quantitative estimate of drug-likeness (QED) is 0.291. The molecular formula is C28H33BN2O7. The zero-order valence-corrected chi connectivity index (χ0v) is 22.2. The zero-order valence-electron chi connectivity index (χ0n) is 22.2. The molecule has 3 rings (SSSR count). The third-order valence-corrected chi connectivity index (χ3v) is 6.61. The Morgan fingerprint density at radius 1 is 0.947 bits per heavy atom. The molecule has 1 saturated heterocycles. The maximum atomic E-state index is 13.1. The van der Waals surface area contributed by atoms with Crippen molar-refractivity contribution in [2.45, 2.75) is 45.1 Å². The molecule has 0 aromatic heterocycles. The number of methoxy groups -OCH3 is 1. The van der Waals surface area contributed by atoms with Crippen molar-refractivity contribution in [2.75, 3.05) is 20.3 Å². The molecule has 1 aliphatic rings. The summed E-state index contributed by atoms with van der Waals surface area (Å²) >= 11 is 0. The average molecular weight is 520 g/mol. The van der Waals surface area contributed by atoms with Crippen LogP contribution in [0.5, 0.6) is 0 Å². The molecule has 1 N–H and O–H groups in total. The van der Waals surface area contributed by atoms with Crippen molar-refractivity contribution in [2.24, 2.45) is 5.92 Å². The molecule has 0 saturated carbocycles. The highest BCUT2D eigenvalue weighted by Crippen LogP contribution is 2.23. The predicted octanol–water partition coefficient (Wildman–Crippen LogP) is 2.69. The van der Waals surface area contributed by atoms with Gasteiger partial charge in [-0.15, -0.1) is 0 Å². The number of alkyl carbamates (subject to hydrolysis) is 1. The Morgan fingerprint density at radius 3 is 2.00 bits per heavy atom. The molecule has 0 unspecified atom stereocenters. The lowest BCUT2D eigenvalue weighted by atomic mass is 9.94. The van der Waals surface area contributed by atoms with Crippen LogP contribution >= 0.6 is 0 Å². The molecule has 9 nitrogen and oxygen atoms in total. The van der Waals surface area contributed by atoms with Crippen LogP contribution < -0.4 is 5.32 Å². The number of Topliss-reactive ketones (excluding diaryl/α,β-unsaturated/α-hetero) is 2. The third-order valence-electron chi connectivity index (χ3n) is 6.61. The van der Waals surface area contributed by atoms with Gasteiger partial charge in [0.2, 0.25) is 5.91 Å². The summed E-state index contributed by atoms with van der Waals surface area (Å²) in [6.07, 6.45) is 0.744. The van der Waals surface area contributed by atoms with Gasteiger partial charge in [0, 0.05) is 17.7 Å². The van der Waals surface area contributed by atoms with E-state index in [1.807, 2.05) is 20.0 Å². The Labute approximate surface area is 223 Å². The second kappa shape index (κ2) is 13.0. The van der Waals surface area contributed by atoms with Gasteiger partial charge >= 0.3 is 12.1 Å². The van der Waals surface area contributed by atoms with Crippen LogP contribution in [0.4, 0.5) is 4.79 Å². The van der Waals surface area contributed by atoms with Crippen LogP contribution in [0.25, 0.3) is 11.1 Å². The maximum Gasteiger partial charge on any atom is 0.407 e. The van der Waals surface area contributed by atoms with Crippen LogP contribution in [0.1, 0.15) is 47.4 Å². The van der Waals surface area contributed by atoms with E-state index in [1.54, 1.807) is 50.2 Å².